The first-order chi connectivity index (χ1) is 10.1. The van der Waals surface area contributed by atoms with Gasteiger partial charge in [0.15, 0.2) is 0 Å². The molecule has 0 aliphatic heterocycles. The largest absolute Gasteiger partial charge is 0.497 e. The molecule has 2 amide bonds. The number of hydrogen-bond acceptors (Lipinski definition) is 3. The summed E-state index contributed by atoms with van der Waals surface area (Å²) in [4.78, 5) is 23.0. The summed E-state index contributed by atoms with van der Waals surface area (Å²) in [6, 6.07) is 13.7. The van der Waals surface area contributed by atoms with Crippen LogP contribution in [0.1, 0.15) is 26.3 Å². The van der Waals surface area contributed by atoms with Gasteiger partial charge in [0, 0.05) is 17.7 Å². The molecule has 0 fully saturated rings. The fraction of sp³-hybridized carbons (Fsp3) is 0.125. The monoisotopic (exact) mass is 284 g/mol. The topological polar surface area (TPSA) is 81.4 Å². The first-order valence-corrected chi connectivity index (χ1v) is 6.41. The van der Waals surface area contributed by atoms with Crippen molar-refractivity contribution in [2.45, 2.75) is 6.54 Å². The molecule has 0 aliphatic carbocycles. The van der Waals surface area contributed by atoms with Crippen LogP contribution in [-0.4, -0.2) is 18.9 Å². The Hall–Kier alpha value is -2.82. The predicted octanol–water partition coefficient (Wildman–Crippen LogP) is 1.72. The molecule has 5 heteroatoms. The molecule has 3 N–H and O–H groups in total. The first-order valence-electron chi connectivity index (χ1n) is 6.41. The highest BCUT2D eigenvalue weighted by atomic mass is 16.5. The van der Waals surface area contributed by atoms with Gasteiger partial charge in [0.1, 0.15) is 5.75 Å². The Labute approximate surface area is 122 Å². The normalized spacial score (nSPS) is 9.95. The molecule has 0 bridgehead atoms. The van der Waals surface area contributed by atoms with Crippen molar-refractivity contribution >= 4 is 11.8 Å². The van der Waals surface area contributed by atoms with Gasteiger partial charge in [0.2, 0.25) is 5.91 Å². The summed E-state index contributed by atoms with van der Waals surface area (Å²) in [7, 11) is 1.55. The van der Waals surface area contributed by atoms with Crippen molar-refractivity contribution in [3.8, 4) is 5.75 Å². The highest BCUT2D eigenvalue weighted by Crippen LogP contribution is 2.12. The summed E-state index contributed by atoms with van der Waals surface area (Å²) < 4.78 is 5.08. The molecule has 0 aliphatic rings. The van der Waals surface area contributed by atoms with Crippen LogP contribution in [0, 0.1) is 0 Å². The minimum absolute atomic E-state index is 0.187. The summed E-state index contributed by atoms with van der Waals surface area (Å²) in [6.07, 6.45) is 0. The fourth-order valence-corrected chi connectivity index (χ4v) is 1.84. The number of methoxy groups -OCH3 is 1. The van der Waals surface area contributed by atoms with E-state index < -0.39 is 5.91 Å². The van der Waals surface area contributed by atoms with E-state index in [4.69, 9.17) is 10.5 Å². The van der Waals surface area contributed by atoms with Gasteiger partial charge in [-0.15, -0.1) is 0 Å². The van der Waals surface area contributed by atoms with Crippen molar-refractivity contribution in [2.75, 3.05) is 7.11 Å². The highest BCUT2D eigenvalue weighted by molar-refractivity contribution is 5.94. The average Bonchev–Trinajstić information content (AvgIpc) is 2.53. The second kappa shape index (κ2) is 6.56. The minimum atomic E-state index is -0.470. The minimum Gasteiger partial charge on any atom is -0.497 e. The van der Waals surface area contributed by atoms with E-state index in [9.17, 15) is 9.59 Å². The smallest absolute Gasteiger partial charge is 0.251 e. The molecule has 5 nitrogen and oxygen atoms in total. The van der Waals surface area contributed by atoms with Gasteiger partial charge in [-0.1, -0.05) is 18.2 Å². The van der Waals surface area contributed by atoms with Gasteiger partial charge >= 0.3 is 0 Å². The van der Waals surface area contributed by atoms with E-state index >= 15 is 0 Å². The lowest BCUT2D eigenvalue weighted by atomic mass is 10.1. The van der Waals surface area contributed by atoms with Gasteiger partial charge in [-0.3, -0.25) is 9.59 Å². The molecule has 0 aromatic heterocycles. The van der Waals surface area contributed by atoms with E-state index in [1.165, 1.54) is 0 Å². The van der Waals surface area contributed by atoms with E-state index in [1.54, 1.807) is 55.6 Å². The zero-order chi connectivity index (χ0) is 15.2. The average molecular weight is 284 g/mol. The van der Waals surface area contributed by atoms with Crippen LogP contribution in [0.2, 0.25) is 0 Å². The van der Waals surface area contributed by atoms with Crippen molar-refractivity contribution in [1.82, 2.24) is 5.32 Å². The number of amides is 2. The van der Waals surface area contributed by atoms with Crippen LogP contribution < -0.4 is 15.8 Å². The molecule has 0 saturated heterocycles. The zero-order valence-corrected chi connectivity index (χ0v) is 11.6. The number of carbonyl (C=O) groups excluding carboxylic acids is 2. The number of carbonyl (C=O) groups is 2. The maximum absolute atomic E-state index is 12.0. The molecule has 2 aromatic carbocycles. The fourth-order valence-electron chi connectivity index (χ4n) is 1.84. The van der Waals surface area contributed by atoms with Crippen LogP contribution in [0.5, 0.6) is 5.75 Å². The Balaban J connectivity index is 1.98. The summed E-state index contributed by atoms with van der Waals surface area (Å²) in [6.45, 7) is 0.370. The Morgan fingerprint density at radius 2 is 1.81 bits per heavy atom. The van der Waals surface area contributed by atoms with Crippen LogP contribution in [0.3, 0.4) is 0 Å². The molecule has 0 heterocycles. The van der Waals surface area contributed by atoms with Gasteiger partial charge in [0.25, 0.3) is 5.91 Å². The van der Waals surface area contributed by atoms with E-state index in [-0.39, 0.29) is 5.91 Å². The summed E-state index contributed by atoms with van der Waals surface area (Å²) in [5, 5.41) is 2.80. The van der Waals surface area contributed by atoms with Crippen LogP contribution in [0.25, 0.3) is 0 Å². The van der Waals surface area contributed by atoms with E-state index in [1.807, 2.05) is 0 Å². The number of nitrogens with one attached hydrogen (secondary N) is 1. The van der Waals surface area contributed by atoms with Gasteiger partial charge < -0.3 is 15.8 Å². The van der Waals surface area contributed by atoms with Gasteiger partial charge in [0.05, 0.1) is 7.11 Å². The molecular weight excluding hydrogens is 268 g/mol. The van der Waals surface area contributed by atoms with Crippen molar-refractivity contribution in [1.29, 1.82) is 0 Å². The van der Waals surface area contributed by atoms with Crippen LogP contribution in [0.4, 0.5) is 0 Å². The standard InChI is InChI=1S/C16H16N2O3/c1-21-14-4-2-3-13(9-14)16(20)18-10-11-5-7-12(8-6-11)15(17)19/h2-9H,10H2,1H3,(H2,17,19)(H,18,20). The lowest BCUT2D eigenvalue weighted by Crippen LogP contribution is -2.22. The SMILES string of the molecule is COc1cccc(C(=O)NCc2ccc(C(N)=O)cc2)c1. The van der Waals surface area contributed by atoms with Gasteiger partial charge in [-0.2, -0.15) is 0 Å². The van der Waals surface area contributed by atoms with E-state index in [0.29, 0.717) is 23.4 Å². The van der Waals surface area contributed by atoms with Gasteiger partial charge in [-0.25, -0.2) is 0 Å². The molecule has 0 saturated carbocycles. The molecule has 0 radical (unpaired) electrons. The Bertz CT molecular complexity index is 651. The third-order valence-corrected chi connectivity index (χ3v) is 3.02. The summed E-state index contributed by atoms with van der Waals surface area (Å²) >= 11 is 0. The Morgan fingerprint density at radius 1 is 1.10 bits per heavy atom. The quantitative estimate of drug-likeness (QED) is 0.877. The number of ether oxygens (including phenoxy) is 1. The van der Waals surface area contributed by atoms with Crippen LogP contribution in [0.15, 0.2) is 48.5 Å². The molecule has 0 spiro atoms. The second-order valence-corrected chi connectivity index (χ2v) is 4.48. The van der Waals surface area contributed by atoms with Crippen LogP contribution >= 0.6 is 0 Å². The second-order valence-electron chi connectivity index (χ2n) is 4.48. The molecule has 21 heavy (non-hydrogen) atoms. The lowest BCUT2D eigenvalue weighted by molar-refractivity contribution is 0.0949. The molecule has 0 atom stereocenters. The Morgan fingerprint density at radius 3 is 2.43 bits per heavy atom. The highest BCUT2D eigenvalue weighted by Gasteiger charge is 2.06. The summed E-state index contributed by atoms with van der Waals surface area (Å²) in [5.74, 6) is -0.0247. The zero-order valence-electron chi connectivity index (χ0n) is 11.6. The van der Waals surface area contributed by atoms with Crippen molar-refractivity contribution < 1.29 is 14.3 Å². The van der Waals surface area contributed by atoms with Crippen LogP contribution in [-0.2, 0) is 6.54 Å². The first kappa shape index (κ1) is 14.6. The lowest BCUT2D eigenvalue weighted by Gasteiger charge is -2.07. The maximum Gasteiger partial charge on any atom is 0.251 e. The van der Waals surface area contributed by atoms with Gasteiger partial charge in [-0.05, 0) is 35.9 Å². The molecule has 0 unspecified atom stereocenters. The number of rotatable bonds is 5. The Kier molecular flexibility index (Phi) is 4.56. The molecule has 108 valence electrons. The number of primary amides is 1. The number of benzene rings is 2. The number of hydrogen-bond donors (Lipinski definition) is 2. The molecular formula is C16H16N2O3. The van der Waals surface area contributed by atoms with Crippen molar-refractivity contribution in [2.24, 2.45) is 5.73 Å². The van der Waals surface area contributed by atoms with Crippen molar-refractivity contribution in [3.05, 3.63) is 65.2 Å². The molecule has 2 aromatic rings. The predicted molar refractivity (Wildman–Crippen MR) is 79.1 cm³/mol. The van der Waals surface area contributed by atoms with Crippen molar-refractivity contribution in [3.63, 3.8) is 0 Å². The maximum atomic E-state index is 12.0. The van der Waals surface area contributed by atoms with E-state index in [0.717, 1.165) is 5.56 Å². The third-order valence-electron chi connectivity index (χ3n) is 3.02. The third kappa shape index (κ3) is 3.82. The summed E-state index contributed by atoms with van der Waals surface area (Å²) in [5.41, 5.74) is 7.03. The number of nitrogens with two attached hydrogens (primary N) is 1. The molecule has 2 rings (SSSR count). The van der Waals surface area contributed by atoms with E-state index in [2.05, 4.69) is 5.32 Å².